The maximum atomic E-state index is 11.9. The van der Waals surface area contributed by atoms with Gasteiger partial charge in [0.05, 0.1) is 12.4 Å². The van der Waals surface area contributed by atoms with Gasteiger partial charge < -0.3 is 9.14 Å². The number of imidazole rings is 1. The molecule has 0 aliphatic rings. The zero-order chi connectivity index (χ0) is 13.3. The van der Waals surface area contributed by atoms with Crippen LogP contribution in [0.4, 0.5) is 10.6 Å². The number of carbonyl (C=O) groups excluding carboxylic acids is 1. The Kier molecular flexibility index (Phi) is 2.94. The molecule has 18 heavy (non-hydrogen) atoms. The van der Waals surface area contributed by atoms with E-state index in [-0.39, 0.29) is 0 Å². The molecule has 0 aliphatic heterocycles. The van der Waals surface area contributed by atoms with Crippen molar-refractivity contribution in [3.8, 4) is 0 Å². The van der Waals surface area contributed by atoms with Gasteiger partial charge in [-0.25, -0.2) is 9.78 Å². The summed E-state index contributed by atoms with van der Waals surface area (Å²) in [5.41, 5.74) is 0.161. The standard InChI is InChI=1S/C12H16N4O2/c1-12(2,3)18-11(17)15(4)10-8-16-6-5-13-7-9(16)14-10/h5-8H,1-4H3. The van der Waals surface area contributed by atoms with Crippen LogP contribution in [-0.2, 0) is 4.74 Å². The molecule has 0 radical (unpaired) electrons. The quantitative estimate of drug-likeness (QED) is 0.775. The first-order valence-electron chi connectivity index (χ1n) is 5.62. The topological polar surface area (TPSA) is 59.7 Å². The Hall–Kier alpha value is -2.11. The molecule has 1 amide bonds. The van der Waals surface area contributed by atoms with E-state index in [0.717, 1.165) is 0 Å². The fraction of sp³-hybridized carbons (Fsp3) is 0.417. The molecule has 0 saturated heterocycles. The van der Waals surface area contributed by atoms with Crippen LogP contribution in [0.25, 0.3) is 5.65 Å². The third-order valence-electron chi connectivity index (χ3n) is 2.26. The number of hydrogen-bond donors (Lipinski definition) is 0. The fourth-order valence-corrected chi connectivity index (χ4v) is 1.41. The molecule has 2 heterocycles. The Bertz CT molecular complexity index is 538. The van der Waals surface area contributed by atoms with Crippen molar-refractivity contribution in [2.75, 3.05) is 11.9 Å². The van der Waals surface area contributed by atoms with Crippen LogP contribution < -0.4 is 4.90 Å². The number of nitrogens with zero attached hydrogens (tertiary/aromatic N) is 4. The largest absolute Gasteiger partial charge is 0.443 e. The van der Waals surface area contributed by atoms with Gasteiger partial charge >= 0.3 is 6.09 Å². The molecule has 2 rings (SSSR count). The Labute approximate surface area is 105 Å². The fourth-order valence-electron chi connectivity index (χ4n) is 1.41. The highest BCUT2D eigenvalue weighted by molar-refractivity contribution is 5.86. The second-order valence-electron chi connectivity index (χ2n) is 4.98. The first-order chi connectivity index (χ1) is 8.37. The van der Waals surface area contributed by atoms with E-state index < -0.39 is 11.7 Å². The number of carbonyl (C=O) groups is 1. The predicted octanol–water partition coefficient (Wildman–Crippen LogP) is 2.10. The average Bonchev–Trinajstić information content (AvgIpc) is 2.68. The molecule has 0 spiro atoms. The molecular weight excluding hydrogens is 232 g/mol. The van der Waals surface area contributed by atoms with Crippen LogP contribution >= 0.6 is 0 Å². The van der Waals surface area contributed by atoms with Gasteiger partial charge in [0.25, 0.3) is 0 Å². The lowest BCUT2D eigenvalue weighted by atomic mass is 10.2. The lowest BCUT2D eigenvalue weighted by Gasteiger charge is -2.23. The maximum absolute atomic E-state index is 11.9. The number of amides is 1. The predicted molar refractivity (Wildman–Crippen MR) is 67.6 cm³/mol. The van der Waals surface area contributed by atoms with E-state index in [0.29, 0.717) is 11.5 Å². The van der Waals surface area contributed by atoms with Crippen LogP contribution in [-0.4, -0.2) is 33.1 Å². The van der Waals surface area contributed by atoms with Gasteiger partial charge in [0.15, 0.2) is 11.5 Å². The van der Waals surface area contributed by atoms with Gasteiger partial charge in [0.2, 0.25) is 0 Å². The van der Waals surface area contributed by atoms with E-state index in [4.69, 9.17) is 4.74 Å². The second-order valence-corrected chi connectivity index (χ2v) is 4.98. The number of hydrogen-bond acceptors (Lipinski definition) is 4. The third kappa shape index (κ3) is 2.58. The first-order valence-corrected chi connectivity index (χ1v) is 5.62. The van der Waals surface area contributed by atoms with Crippen LogP contribution in [0.2, 0.25) is 0 Å². The molecule has 2 aromatic heterocycles. The van der Waals surface area contributed by atoms with Gasteiger partial charge in [0.1, 0.15) is 5.60 Å². The van der Waals surface area contributed by atoms with Crippen molar-refractivity contribution in [2.24, 2.45) is 0 Å². The van der Waals surface area contributed by atoms with Crippen molar-refractivity contribution in [2.45, 2.75) is 26.4 Å². The van der Waals surface area contributed by atoms with Crippen LogP contribution in [0.15, 0.2) is 24.8 Å². The van der Waals surface area contributed by atoms with E-state index in [1.807, 2.05) is 20.8 Å². The minimum absolute atomic E-state index is 0.432. The van der Waals surface area contributed by atoms with E-state index in [1.54, 1.807) is 36.2 Å². The summed E-state index contributed by atoms with van der Waals surface area (Å²) in [4.78, 5) is 21.5. The van der Waals surface area contributed by atoms with Gasteiger partial charge in [-0.2, -0.15) is 0 Å². The number of aromatic nitrogens is 3. The highest BCUT2D eigenvalue weighted by Gasteiger charge is 2.21. The van der Waals surface area contributed by atoms with E-state index >= 15 is 0 Å². The van der Waals surface area contributed by atoms with Gasteiger partial charge in [-0.3, -0.25) is 9.88 Å². The molecule has 6 heteroatoms. The summed E-state index contributed by atoms with van der Waals surface area (Å²) in [5, 5.41) is 0. The molecular formula is C12H16N4O2. The van der Waals surface area contributed by atoms with Crippen molar-refractivity contribution >= 4 is 17.6 Å². The molecule has 0 N–H and O–H groups in total. The SMILES string of the molecule is CN(C(=O)OC(C)(C)C)c1cn2ccncc2n1. The summed E-state index contributed by atoms with van der Waals surface area (Å²) in [6.07, 6.45) is 6.38. The summed E-state index contributed by atoms with van der Waals surface area (Å²) < 4.78 is 7.07. The number of anilines is 1. The summed E-state index contributed by atoms with van der Waals surface area (Å²) >= 11 is 0. The first kappa shape index (κ1) is 12.3. The molecule has 2 aromatic rings. The lowest BCUT2D eigenvalue weighted by Crippen LogP contribution is -2.34. The Morgan fingerprint density at radius 1 is 1.44 bits per heavy atom. The molecule has 0 aromatic carbocycles. The van der Waals surface area contributed by atoms with Crippen molar-refractivity contribution < 1.29 is 9.53 Å². The smallest absolute Gasteiger partial charge is 0.415 e. The van der Waals surface area contributed by atoms with Crippen LogP contribution in [0.3, 0.4) is 0 Å². The molecule has 0 saturated carbocycles. The highest BCUT2D eigenvalue weighted by atomic mass is 16.6. The Morgan fingerprint density at radius 3 is 2.78 bits per heavy atom. The van der Waals surface area contributed by atoms with Crippen molar-refractivity contribution in [1.82, 2.24) is 14.4 Å². The minimum atomic E-state index is -0.522. The van der Waals surface area contributed by atoms with Gasteiger partial charge in [-0.15, -0.1) is 0 Å². The highest BCUT2D eigenvalue weighted by Crippen LogP contribution is 2.16. The lowest BCUT2D eigenvalue weighted by molar-refractivity contribution is 0.0588. The summed E-state index contributed by atoms with van der Waals surface area (Å²) in [6, 6.07) is 0. The maximum Gasteiger partial charge on any atom is 0.415 e. The zero-order valence-electron chi connectivity index (χ0n) is 10.9. The summed E-state index contributed by atoms with van der Waals surface area (Å²) in [5.74, 6) is 0.525. The molecule has 96 valence electrons. The molecule has 0 fully saturated rings. The molecule has 0 atom stereocenters. The molecule has 0 unspecified atom stereocenters. The van der Waals surface area contributed by atoms with Gasteiger partial charge in [-0.1, -0.05) is 0 Å². The van der Waals surface area contributed by atoms with Gasteiger partial charge in [0, 0.05) is 19.4 Å². The van der Waals surface area contributed by atoms with Crippen molar-refractivity contribution in [3.05, 3.63) is 24.8 Å². The summed E-state index contributed by atoms with van der Waals surface area (Å²) in [6.45, 7) is 5.48. The van der Waals surface area contributed by atoms with E-state index in [2.05, 4.69) is 9.97 Å². The number of rotatable bonds is 1. The van der Waals surface area contributed by atoms with Crippen LogP contribution in [0.1, 0.15) is 20.8 Å². The van der Waals surface area contributed by atoms with Crippen LogP contribution in [0, 0.1) is 0 Å². The Balaban J connectivity index is 2.23. The molecule has 0 aliphatic carbocycles. The Morgan fingerprint density at radius 2 is 2.17 bits per heavy atom. The average molecular weight is 248 g/mol. The zero-order valence-corrected chi connectivity index (χ0v) is 10.9. The molecule has 0 bridgehead atoms. The number of ether oxygens (including phenoxy) is 1. The van der Waals surface area contributed by atoms with Crippen LogP contribution in [0.5, 0.6) is 0 Å². The van der Waals surface area contributed by atoms with Gasteiger partial charge in [-0.05, 0) is 20.8 Å². The van der Waals surface area contributed by atoms with E-state index in [9.17, 15) is 4.79 Å². The second kappa shape index (κ2) is 4.29. The minimum Gasteiger partial charge on any atom is -0.443 e. The summed E-state index contributed by atoms with van der Waals surface area (Å²) in [7, 11) is 1.63. The van der Waals surface area contributed by atoms with Crippen molar-refractivity contribution in [1.29, 1.82) is 0 Å². The van der Waals surface area contributed by atoms with E-state index in [1.165, 1.54) is 4.90 Å². The normalized spacial score (nSPS) is 11.6. The number of fused-ring (bicyclic) bond motifs is 1. The monoisotopic (exact) mass is 248 g/mol. The van der Waals surface area contributed by atoms with Crippen molar-refractivity contribution in [3.63, 3.8) is 0 Å². The molecule has 6 nitrogen and oxygen atoms in total. The third-order valence-corrected chi connectivity index (χ3v) is 2.26.